The van der Waals surface area contributed by atoms with Gasteiger partial charge in [-0.15, -0.1) is 0 Å². The number of amides is 2. The van der Waals surface area contributed by atoms with E-state index in [9.17, 15) is 18.0 Å². The average molecular weight is 815 g/mol. The van der Waals surface area contributed by atoms with Crippen LogP contribution >= 0.6 is 46.4 Å². The Kier molecular flexibility index (Phi) is 13.0. The number of hydrogen-bond acceptors (Lipinski definition) is 8. The SMILES string of the molecule is CC(C)(C)OC(=O)N1CCC(c2ccc(OCCOc3c(Cl)cccc3Cl)cc2)=C(C(=O)N(Cc2cccc(Cl)c2Cl)C2CC2)C1COS(C)(=O)=O. The second kappa shape index (κ2) is 16.9. The molecule has 1 aliphatic carbocycles. The van der Waals surface area contributed by atoms with Crippen molar-refractivity contribution in [3.8, 4) is 11.5 Å². The van der Waals surface area contributed by atoms with E-state index < -0.39 is 34.5 Å². The molecule has 0 bridgehead atoms. The van der Waals surface area contributed by atoms with Crippen molar-refractivity contribution in [1.29, 1.82) is 0 Å². The summed E-state index contributed by atoms with van der Waals surface area (Å²) in [6, 6.07) is 16.3. The summed E-state index contributed by atoms with van der Waals surface area (Å²) in [6.45, 7) is 5.38. The van der Waals surface area contributed by atoms with Crippen molar-refractivity contribution in [2.24, 2.45) is 0 Å². The Hall–Kier alpha value is -3.19. The molecule has 2 aliphatic rings. The number of carbonyl (C=O) groups is 2. The molecule has 15 heteroatoms. The number of carbonyl (C=O) groups excluding carboxylic acids is 2. The van der Waals surface area contributed by atoms with Gasteiger partial charge in [0, 0.05) is 24.7 Å². The number of rotatable bonds is 13. The van der Waals surface area contributed by atoms with Crippen LogP contribution < -0.4 is 9.47 Å². The van der Waals surface area contributed by atoms with E-state index in [2.05, 4.69) is 0 Å². The summed E-state index contributed by atoms with van der Waals surface area (Å²) in [5, 5.41) is 1.48. The van der Waals surface area contributed by atoms with E-state index in [4.69, 9.17) is 64.8 Å². The molecule has 1 fully saturated rings. The molecule has 3 aromatic carbocycles. The van der Waals surface area contributed by atoms with Gasteiger partial charge in [0.1, 0.15) is 24.6 Å². The second-order valence-electron chi connectivity index (χ2n) is 13.5. The van der Waals surface area contributed by atoms with E-state index in [-0.39, 0.29) is 50.2 Å². The molecule has 1 heterocycles. The maximum Gasteiger partial charge on any atom is 0.410 e. The summed E-state index contributed by atoms with van der Waals surface area (Å²) >= 11 is 25.3. The highest BCUT2D eigenvalue weighted by Crippen LogP contribution is 2.39. The molecule has 10 nitrogen and oxygen atoms in total. The van der Waals surface area contributed by atoms with Gasteiger partial charge in [0.05, 0.1) is 39.0 Å². The lowest BCUT2D eigenvalue weighted by Crippen LogP contribution is -2.52. The first kappa shape index (κ1) is 40.0. The first-order chi connectivity index (χ1) is 24.5. The second-order valence-corrected chi connectivity index (χ2v) is 16.7. The number of benzene rings is 3. The Morgan fingerprint density at radius 1 is 0.885 bits per heavy atom. The van der Waals surface area contributed by atoms with Crippen LogP contribution in [-0.4, -0.2) is 80.5 Å². The van der Waals surface area contributed by atoms with E-state index in [1.165, 1.54) is 4.90 Å². The average Bonchev–Trinajstić information content (AvgIpc) is 3.91. The van der Waals surface area contributed by atoms with Gasteiger partial charge in [0.15, 0.2) is 5.75 Å². The summed E-state index contributed by atoms with van der Waals surface area (Å²) in [5.41, 5.74) is 1.36. The van der Waals surface area contributed by atoms with Crippen molar-refractivity contribution in [3.63, 3.8) is 0 Å². The molecule has 1 unspecified atom stereocenters. The lowest BCUT2D eigenvalue weighted by Gasteiger charge is -2.40. The number of halogens is 4. The third kappa shape index (κ3) is 10.5. The summed E-state index contributed by atoms with van der Waals surface area (Å²) in [7, 11) is -3.96. The fourth-order valence-electron chi connectivity index (χ4n) is 5.79. The predicted molar refractivity (Wildman–Crippen MR) is 203 cm³/mol. The molecule has 52 heavy (non-hydrogen) atoms. The van der Waals surface area contributed by atoms with Crippen LogP contribution in [0.5, 0.6) is 11.5 Å². The highest BCUT2D eigenvalue weighted by molar-refractivity contribution is 7.86. The zero-order valence-corrected chi connectivity index (χ0v) is 33.0. The molecule has 0 spiro atoms. The molecular formula is C37H40Cl4N2O8S. The standard InChI is InChI=1S/C37H40Cl4N2O8S/c1-37(2,3)51-36(45)42-18-17-27(23-11-15-26(16-12-23)48-19-20-49-34-29(39)9-6-10-30(34)40)32(31(42)22-50-52(4,46)47)35(44)43(25-13-14-25)21-24-7-5-8-28(38)33(24)41/h5-12,15-16,25,31H,13-14,17-22H2,1-4H3. The third-order valence-electron chi connectivity index (χ3n) is 8.28. The lowest BCUT2D eigenvalue weighted by atomic mass is 9.87. The van der Waals surface area contributed by atoms with Gasteiger partial charge in [0.2, 0.25) is 0 Å². The molecule has 1 aliphatic heterocycles. The van der Waals surface area contributed by atoms with Crippen LogP contribution in [0.25, 0.3) is 5.57 Å². The highest BCUT2D eigenvalue weighted by Gasteiger charge is 2.43. The van der Waals surface area contributed by atoms with Gasteiger partial charge in [-0.2, -0.15) is 8.42 Å². The molecule has 3 aromatic rings. The minimum absolute atomic E-state index is 0.0941. The Balaban J connectivity index is 1.49. The molecule has 0 N–H and O–H groups in total. The fourth-order valence-corrected chi connectivity index (χ4v) is 7.05. The molecule has 2 amide bonds. The smallest absolute Gasteiger partial charge is 0.410 e. The maximum atomic E-state index is 14.9. The van der Waals surface area contributed by atoms with Gasteiger partial charge in [-0.05, 0) is 87.1 Å². The molecule has 0 radical (unpaired) electrons. The Morgan fingerprint density at radius 3 is 2.12 bits per heavy atom. The van der Waals surface area contributed by atoms with Crippen molar-refractivity contribution in [2.45, 2.75) is 64.3 Å². The van der Waals surface area contributed by atoms with Crippen molar-refractivity contribution in [3.05, 3.63) is 97.5 Å². The van der Waals surface area contributed by atoms with E-state index in [1.54, 1.807) is 74.2 Å². The van der Waals surface area contributed by atoms with Crippen molar-refractivity contribution >= 4 is 74.1 Å². The largest absolute Gasteiger partial charge is 0.490 e. The van der Waals surface area contributed by atoms with Gasteiger partial charge in [0.25, 0.3) is 16.0 Å². The minimum Gasteiger partial charge on any atom is -0.490 e. The van der Waals surface area contributed by atoms with Crippen LogP contribution in [0, 0.1) is 0 Å². The third-order valence-corrected chi connectivity index (χ3v) is 10.3. The molecular weight excluding hydrogens is 774 g/mol. The van der Waals surface area contributed by atoms with Crippen LogP contribution in [-0.2, 0) is 30.4 Å². The van der Waals surface area contributed by atoms with Gasteiger partial charge in [-0.25, -0.2) is 4.79 Å². The molecule has 1 atom stereocenters. The van der Waals surface area contributed by atoms with E-state index in [1.807, 2.05) is 12.1 Å². The van der Waals surface area contributed by atoms with Crippen molar-refractivity contribution in [2.75, 3.05) is 32.6 Å². The Bertz CT molecular complexity index is 1910. The summed E-state index contributed by atoms with van der Waals surface area (Å²) in [4.78, 5) is 31.6. The topological polar surface area (TPSA) is 112 Å². The fraction of sp³-hybridized carbons (Fsp3) is 0.405. The maximum absolute atomic E-state index is 14.9. The normalized spacial score (nSPS) is 16.5. The molecule has 1 saturated carbocycles. The summed E-state index contributed by atoms with van der Waals surface area (Å²) < 4.78 is 47.2. The Labute approximate surface area is 324 Å². The van der Waals surface area contributed by atoms with Crippen molar-refractivity contribution in [1.82, 2.24) is 9.80 Å². The minimum atomic E-state index is -3.96. The van der Waals surface area contributed by atoms with Crippen molar-refractivity contribution < 1.29 is 36.4 Å². The lowest BCUT2D eigenvalue weighted by molar-refractivity contribution is -0.129. The quantitative estimate of drug-likeness (QED) is 0.125. The molecule has 0 saturated heterocycles. The highest BCUT2D eigenvalue weighted by atomic mass is 35.5. The predicted octanol–water partition coefficient (Wildman–Crippen LogP) is 8.69. The van der Waals surface area contributed by atoms with E-state index >= 15 is 0 Å². The van der Waals surface area contributed by atoms with Crippen LogP contribution in [0.4, 0.5) is 4.79 Å². The van der Waals surface area contributed by atoms with Gasteiger partial charge >= 0.3 is 6.09 Å². The first-order valence-electron chi connectivity index (χ1n) is 16.6. The molecule has 280 valence electrons. The van der Waals surface area contributed by atoms with E-state index in [0.717, 1.165) is 19.1 Å². The van der Waals surface area contributed by atoms with Crippen LogP contribution in [0.3, 0.4) is 0 Å². The zero-order chi connectivity index (χ0) is 37.8. The van der Waals surface area contributed by atoms with Gasteiger partial charge < -0.3 is 19.1 Å². The number of hydrogen-bond donors (Lipinski definition) is 0. The number of nitrogens with zero attached hydrogens (tertiary/aromatic N) is 2. The molecule has 5 rings (SSSR count). The van der Waals surface area contributed by atoms with Crippen LogP contribution in [0.2, 0.25) is 20.1 Å². The van der Waals surface area contributed by atoms with Crippen LogP contribution in [0.15, 0.2) is 66.2 Å². The number of ether oxygens (including phenoxy) is 3. The number of para-hydroxylation sites is 1. The summed E-state index contributed by atoms with van der Waals surface area (Å²) in [5.74, 6) is 0.544. The van der Waals surface area contributed by atoms with E-state index in [0.29, 0.717) is 48.3 Å². The first-order valence-corrected chi connectivity index (χ1v) is 20.0. The zero-order valence-electron chi connectivity index (χ0n) is 29.2. The van der Waals surface area contributed by atoms with Gasteiger partial charge in [-0.3, -0.25) is 13.9 Å². The monoisotopic (exact) mass is 812 g/mol. The molecule has 0 aromatic heterocycles. The summed E-state index contributed by atoms with van der Waals surface area (Å²) in [6.07, 6.45) is 2.04. The van der Waals surface area contributed by atoms with Gasteiger partial charge in [-0.1, -0.05) is 76.7 Å². The Morgan fingerprint density at radius 2 is 1.50 bits per heavy atom. The van der Waals surface area contributed by atoms with Crippen LogP contribution in [0.1, 0.15) is 51.2 Å².